The van der Waals surface area contributed by atoms with Crippen molar-refractivity contribution in [1.82, 2.24) is 4.98 Å². The van der Waals surface area contributed by atoms with Gasteiger partial charge in [0.1, 0.15) is 11.6 Å². The summed E-state index contributed by atoms with van der Waals surface area (Å²) in [6, 6.07) is 16.5. The first kappa shape index (κ1) is 15.3. The van der Waals surface area contributed by atoms with Gasteiger partial charge in [0.25, 0.3) is 0 Å². The predicted octanol–water partition coefficient (Wildman–Crippen LogP) is 4.14. The zero-order valence-corrected chi connectivity index (χ0v) is 13.0. The monoisotopic (exact) mass is 311 g/mol. The lowest BCUT2D eigenvalue weighted by Gasteiger charge is -2.01. The molecule has 0 aliphatic rings. The van der Waals surface area contributed by atoms with Crippen LogP contribution in [0.3, 0.4) is 0 Å². The van der Waals surface area contributed by atoms with Crippen LogP contribution in [-0.2, 0) is 0 Å². The van der Waals surface area contributed by atoms with Crippen molar-refractivity contribution in [3.63, 3.8) is 0 Å². The molecule has 1 aromatic heterocycles. The number of benzene rings is 2. The number of aryl methyl sites for hydroxylation is 1. The minimum Gasteiger partial charge on any atom is -0.360 e. The summed E-state index contributed by atoms with van der Waals surface area (Å²) < 4.78 is 0. The first-order valence-corrected chi connectivity index (χ1v) is 7.37. The van der Waals surface area contributed by atoms with Crippen LogP contribution in [-0.4, -0.2) is 10.8 Å². The third-order valence-electron chi connectivity index (χ3n) is 3.87. The Balaban J connectivity index is 2.04. The van der Waals surface area contributed by atoms with E-state index in [4.69, 9.17) is 5.26 Å². The van der Waals surface area contributed by atoms with Crippen molar-refractivity contribution in [3.05, 3.63) is 76.5 Å². The van der Waals surface area contributed by atoms with E-state index in [1.54, 1.807) is 36.5 Å². The molecular formula is C20H13N3O. The fourth-order valence-electron chi connectivity index (χ4n) is 2.66. The fourth-order valence-corrected chi connectivity index (χ4v) is 2.66. The van der Waals surface area contributed by atoms with Crippen LogP contribution in [0.1, 0.15) is 27.0 Å². The van der Waals surface area contributed by atoms with Gasteiger partial charge < -0.3 is 4.98 Å². The van der Waals surface area contributed by atoms with E-state index in [1.807, 2.05) is 37.3 Å². The van der Waals surface area contributed by atoms with Gasteiger partial charge in [0.2, 0.25) is 5.78 Å². The second-order valence-electron chi connectivity index (χ2n) is 5.43. The molecule has 0 aliphatic carbocycles. The van der Waals surface area contributed by atoms with E-state index in [1.165, 1.54) is 0 Å². The maximum absolute atomic E-state index is 12.8. The molecule has 3 aromatic rings. The number of Topliss-reactive ketones (excluding diaryl/α,β-unsaturated/α-hetero) is 1. The Bertz CT molecular complexity index is 1040. The van der Waals surface area contributed by atoms with Crippen LogP contribution in [0.2, 0.25) is 0 Å². The molecule has 0 fully saturated rings. The van der Waals surface area contributed by atoms with Gasteiger partial charge in [-0.15, -0.1) is 0 Å². The van der Waals surface area contributed by atoms with E-state index < -0.39 is 0 Å². The second kappa shape index (κ2) is 6.24. The predicted molar refractivity (Wildman–Crippen MR) is 92.1 cm³/mol. The molecule has 0 amide bonds. The maximum Gasteiger partial charge on any atom is 0.205 e. The van der Waals surface area contributed by atoms with E-state index in [0.717, 1.165) is 16.5 Å². The van der Waals surface area contributed by atoms with Crippen LogP contribution in [0.25, 0.3) is 17.0 Å². The molecule has 4 nitrogen and oxygen atoms in total. The van der Waals surface area contributed by atoms with E-state index in [2.05, 4.69) is 4.98 Å². The highest BCUT2D eigenvalue weighted by atomic mass is 16.1. The van der Waals surface area contributed by atoms with Gasteiger partial charge >= 0.3 is 0 Å². The van der Waals surface area contributed by atoms with Crippen molar-refractivity contribution in [3.8, 4) is 12.1 Å². The van der Waals surface area contributed by atoms with Crippen molar-refractivity contribution in [2.75, 3.05) is 0 Å². The van der Waals surface area contributed by atoms with Crippen LogP contribution in [0.15, 0.2) is 54.2 Å². The molecule has 24 heavy (non-hydrogen) atoms. The Labute approximate surface area is 139 Å². The Kier molecular flexibility index (Phi) is 3.97. The summed E-state index contributed by atoms with van der Waals surface area (Å²) in [5.41, 5.74) is 3.63. The highest BCUT2D eigenvalue weighted by Crippen LogP contribution is 2.25. The fraction of sp³-hybridized carbons (Fsp3) is 0.0500. The van der Waals surface area contributed by atoms with Crippen molar-refractivity contribution in [1.29, 1.82) is 10.5 Å². The Morgan fingerprint density at radius 3 is 2.54 bits per heavy atom. The average molecular weight is 311 g/mol. The van der Waals surface area contributed by atoms with Gasteiger partial charge in [0.05, 0.1) is 11.6 Å². The van der Waals surface area contributed by atoms with Gasteiger partial charge in [-0.1, -0.05) is 24.3 Å². The first-order chi connectivity index (χ1) is 11.6. The number of aromatic nitrogens is 1. The van der Waals surface area contributed by atoms with Gasteiger partial charge in [-0.05, 0) is 42.3 Å². The number of nitrogens with one attached hydrogen (secondary N) is 1. The maximum atomic E-state index is 12.8. The lowest BCUT2D eigenvalue weighted by atomic mass is 9.99. The Morgan fingerprint density at radius 1 is 1.12 bits per heavy atom. The van der Waals surface area contributed by atoms with Crippen molar-refractivity contribution >= 4 is 22.8 Å². The molecule has 0 atom stereocenters. The summed E-state index contributed by atoms with van der Waals surface area (Å²) in [7, 11) is 0. The number of carbonyl (C=O) groups is 1. The molecule has 0 aliphatic heterocycles. The van der Waals surface area contributed by atoms with Gasteiger partial charge in [-0.3, -0.25) is 4.79 Å². The number of allylic oxidation sites excluding steroid dienone is 1. The van der Waals surface area contributed by atoms with E-state index in [-0.39, 0.29) is 11.4 Å². The number of H-pyrrole nitrogens is 1. The molecule has 0 spiro atoms. The van der Waals surface area contributed by atoms with Crippen LogP contribution in [0.4, 0.5) is 0 Å². The average Bonchev–Trinajstić information content (AvgIpc) is 3.05. The molecule has 114 valence electrons. The SMILES string of the molecule is Cc1cccc2[nH]cc(C(=O)/C(C#N)=C/c3ccc(C#N)cc3)c12. The molecule has 0 saturated carbocycles. The second-order valence-corrected chi connectivity index (χ2v) is 5.43. The largest absolute Gasteiger partial charge is 0.360 e. The number of hydrogen-bond acceptors (Lipinski definition) is 3. The summed E-state index contributed by atoms with van der Waals surface area (Å²) >= 11 is 0. The van der Waals surface area contributed by atoms with Crippen LogP contribution >= 0.6 is 0 Å². The van der Waals surface area contributed by atoms with Crippen LogP contribution in [0, 0.1) is 29.6 Å². The Morgan fingerprint density at radius 2 is 1.88 bits per heavy atom. The molecule has 4 heteroatoms. The molecular weight excluding hydrogens is 298 g/mol. The van der Waals surface area contributed by atoms with E-state index in [9.17, 15) is 10.1 Å². The van der Waals surface area contributed by atoms with Crippen LogP contribution < -0.4 is 0 Å². The van der Waals surface area contributed by atoms with Crippen molar-refractivity contribution in [2.24, 2.45) is 0 Å². The van der Waals surface area contributed by atoms with Crippen molar-refractivity contribution < 1.29 is 4.79 Å². The lowest BCUT2D eigenvalue weighted by Crippen LogP contribution is -2.01. The molecule has 3 rings (SSSR count). The number of rotatable bonds is 3. The topological polar surface area (TPSA) is 80.4 Å². The quantitative estimate of drug-likeness (QED) is 0.448. The first-order valence-electron chi connectivity index (χ1n) is 7.37. The summed E-state index contributed by atoms with van der Waals surface area (Å²) in [6.45, 7) is 1.93. The van der Waals surface area contributed by atoms with Gasteiger partial charge in [0.15, 0.2) is 0 Å². The molecule has 0 bridgehead atoms. The molecule has 0 unspecified atom stereocenters. The summed E-state index contributed by atoms with van der Waals surface area (Å²) in [6.07, 6.45) is 3.19. The molecule has 0 saturated heterocycles. The summed E-state index contributed by atoms with van der Waals surface area (Å²) in [4.78, 5) is 15.8. The minimum atomic E-state index is -0.317. The third kappa shape index (κ3) is 2.69. The number of nitrogens with zero attached hydrogens (tertiary/aromatic N) is 2. The number of fused-ring (bicyclic) bond motifs is 1. The number of hydrogen-bond donors (Lipinski definition) is 1. The van der Waals surface area contributed by atoms with Crippen LogP contribution in [0.5, 0.6) is 0 Å². The van der Waals surface area contributed by atoms with E-state index in [0.29, 0.717) is 16.7 Å². The smallest absolute Gasteiger partial charge is 0.205 e. The standard InChI is InChI=1S/C20H13N3O/c1-13-3-2-4-18-19(13)17(12-23-18)20(24)16(11-22)9-14-5-7-15(10-21)8-6-14/h2-9,12,23H,1H3/b16-9+. The molecule has 1 N–H and O–H groups in total. The Hall–Kier alpha value is -3.63. The third-order valence-corrected chi connectivity index (χ3v) is 3.87. The summed E-state index contributed by atoms with van der Waals surface area (Å²) in [5.74, 6) is -0.317. The minimum absolute atomic E-state index is 0.0591. The lowest BCUT2D eigenvalue weighted by molar-refractivity contribution is 0.104. The zero-order chi connectivity index (χ0) is 17.1. The van der Waals surface area contributed by atoms with E-state index >= 15 is 0 Å². The molecule has 1 heterocycles. The number of ketones is 1. The number of nitriles is 2. The van der Waals surface area contributed by atoms with Gasteiger partial charge in [0, 0.05) is 22.7 Å². The number of carbonyl (C=O) groups excluding carboxylic acids is 1. The number of aromatic amines is 1. The van der Waals surface area contributed by atoms with Crippen molar-refractivity contribution in [2.45, 2.75) is 6.92 Å². The molecule has 0 radical (unpaired) electrons. The van der Waals surface area contributed by atoms with Gasteiger partial charge in [-0.2, -0.15) is 10.5 Å². The zero-order valence-electron chi connectivity index (χ0n) is 13.0. The summed E-state index contributed by atoms with van der Waals surface area (Å²) in [5, 5.41) is 19.1. The molecule has 2 aromatic carbocycles. The normalized spacial score (nSPS) is 11.0. The highest BCUT2D eigenvalue weighted by Gasteiger charge is 2.17. The van der Waals surface area contributed by atoms with Gasteiger partial charge in [-0.25, -0.2) is 0 Å². The highest BCUT2D eigenvalue weighted by molar-refractivity contribution is 6.20.